The maximum Gasteiger partial charge on any atom is 0.262 e. The van der Waals surface area contributed by atoms with Crippen LogP contribution in [-0.4, -0.2) is 28.5 Å². The van der Waals surface area contributed by atoms with E-state index in [0.717, 1.165) is 18.4 Å². The van der Waals surface area contributed by atoms with Gasteiger partial charge >= 0.3 is 0 Å². The maximum atomic E-state index is 13.1. The van der Waals surface area contributed by atoms with Gasteiger partial charge in [0.1, 0.15) is 17.2 Å². The van der Waals surface area contributed by atoms with Crippen molar-refractivity contribution < 1.29 is 13.6 Å². The third kappa shape index (κ3) is 2.81. The highest BCUT2D eigenvalue weighted by Gasteiger charge is 2.27. The second-order valence-electron chi connectivity index (χ2n) is 6.65. The van der Waals surface area contributed by atoms with E-state index < -0.39 is 0 Å². The number of rotatable bonds is 3. The van der Waals surface area contributed by atoms with Crippen molar-refractivity contribution in [3.05, 3.63) is 69.6 Å². The van der Waals surface area contributed by atoms with Gasteiger partial charge in [0, 0.05) is 19.3 Å². The summed E-state index contributed by atoms with van der Waals surface area (Å²) in [5, 5.41) is 0.323. The molecule has 6 heteroatoms. The molecule has 0 bridgehead atoms. The number of amides is 1. The van der Waals surface area contributed by atoms with Gasteiger partial charge < -0.3 is 13.9 Å². The largest absolute Gasteiger partial charge is 0.460 e. The number of nitrogens with zero attached hydrogens (tertiary/aromatic N) is 2. The van der Waals surface area contributed by atoms with Crippen LogP contribution in [0.25, 0.3) is 11.0 Å². The van der Waals surface area contributed by atoms with Crippen molar-refractivity contribution in [3.63, 3.8) is 0 Å². The van der Waals surface area contributed by atoms with Crippen molar-refractivity contribution in [3.8, 4) is 0 Å². The third-order valence-corrected chi connectivity index (χ3v) is 4.87. The number of furan rings is 1. The van der Waals surface area contributed by atoms with Gasteiger partial charge in [0.15, 0.2) is 0 Å². The van der Waals surface area contributed by atoms with Gasteiger partial charge in [-0.25, -0.2) is 4.39 Å². The van der Waals surface area contributed by atoms with Crippen LogP contribution in [0.4, 0.5) is 4.39 Å². The van der Waals surface area contributed by atoms with E-state index in [1.807, 2.05) is 0 Å². The van der Waals surface area contributed by atoms with Gasteiger partial charge in [0.2, 0.25) is 0 Å². The van der Waals surface area contributed by atoms with E-state index in [1.165, 1.54) is 16.7 Å². The first-order valence-electron chi connectivity index (χ1n) is 8.71. The molecule has 26 heavy (non-hydrogen) atoms. The van der Waals surface area contributed by atoms with Crippen LogP contribution in [0.1, 0.15) is 34.5 Å². The lowest BCUT2D eigenvalue weighted by atomic mass is 10.1. The molecule has 1 saturated heterocycles. The SMILES string of the molecule is Cc1oc2ccn(Cc3ccc(F)cc3)c(=O)c2c1C(=O)N1CCCC1. The third-order valence-electron chi connectivity index (χ3n) is 4.87. The Labute approximate surface area is 149 Å². The molecule has 3 heterocycles. The molecular formula is C20H19FN2O3. The van der Waals surface area contributed by atoms with E-state index >= 15 is 0 Å². The molecule has 134 valence electrons. The van der Waals surface area contributed by atoms with Gasteiger partial charge in [-0.05, 0) is 43.5 Å². The molecular weight excluding hydrogens is 335 g/mol. The monoisotopic (exact) mass is 354 g/mol. The van der Waals surface area contributed by atoms with Gasteiger partial charge in [-0.1, -0.05) is 12.1 Å². The number of fused-ring (bicyclic) bond motifs is 1. The molecule has 0 radical (unpaired) electrons. The molecule has 0 unspecified atom stereocenters. The Bertz CT molecular complexity index is 1030. The van der Waals surface area contributed by atoms with Gasteiger partial charge in [0.25, 0.3) is 11.5 Å². The zero-order valence-corrected chi connectivity index (χ0v) is 14.5. The minimum atomic E-state index is -0.319. The summed E-state index contributed by atoms with van der Waals surface area (Å²) in [7, 11) is 0. The highest BCUT2D eigenvalue weighted by atomic mass is 19.1. The molecule has 2 aromatic heterocycles. The summed E-state index contributed by atoms with van der Waals surface area (Å²) >= 11 is 0. The van der Waals surface area contributed by atoms with Crippen LogP contribution in [0.15, 0.2) is 45.7 Å². The van der Waals surface area contributed by atoms with Gasteiger partial charge in [-0.3, -0.25) is 9.59 Å². The maximum absolute atomic E-state index is 13.1. The first-order chi connectivity index (χ1) is 12.5. The molecule has 1 aromatic carbocycles. The standard InChI is InChI=1S/C20H19FN2O3/c1-13-17(19(24)22-9-2-3-10-22)18-16(26-13)8-11-23(20(18)25)12-14-4-6-15(21)7-5-14/h4-8,11H,2-3,9-10,12H2,1H3. The molecule has 1 fully saturated rings. The Morgan fingerprint density at radius 2 is 1.85 bits per heavy atom. The van der Waals surface area contributed by atoms with E-state index in [9.17, 15) is 14.0 Å². The van der Waals surface area contributed by atoms with Crippen molar-refractivity contribution in [2.75, 3.05) is 13.1 Å². The Morgan fingerprint density at radius 3 is 2.54 bits per heavy atom. The number of carbonyl (C=O) groups excluding carboxylic acids is 1. The van der Waals surface area contributed by atoms with Crippen molar-refractivity contribution in [1.29, 1.82) is 0 Å². The highest BCUT2D eigenvalue weighted by Crippen LogP contribution is 2.25. The fourth-order valence-corrected chi connectivity index (χ4v) is 3.51. The van der Waals surface area contributed by atoms with E-state index in [-0.39, 0.29) is 17.3 Å². The average molecular weight is 354 g/mol. The lowest BCUT2D eigenvalue weighted by Crippen LogP contribution is -2.29. The second-order valence-corrected chi connectivity index (χ2v) is 6.65. The zero-order chi connectivity index (χ0) is 18.3. The second kappa shape index (κ2) is 6.44. The molecule has 1 aliphatic heterocycles. The Kier molecular flexibility index (Phi) is 4.11. The molecule has 0 spiro atoms. The summed E-state index contributed by atoms with van der Waals surface area (Å²) in [6.45, 7) is 3.44. The van der Waals surface area contributed by atoms with Crippen molar-refractivity contribution >= 4 is 16.9 Å². The predicted molar refractivity (Wildman–Crippen MR) is 95.9 cm³/mol. The molecule has 0 saturated carbocycles. The first-order valence-corrected chi connectivity index (χ1v) is 8.71. The molecule has 1 amide bonds. The number of aromatic nitrogens is 1. The van der Waals surface area contributed by atoms with Crippen LogP contribution in [0.5, 0.6) is 0 Å². The molecule has 0 aliphatic carbocycles. The number of benzene rings is 1. The number of hydrogen-bond acceptors (Lipinski definition) is 3. The van der Waals surface area contributed by atoms with Crippen molar-refractivity contribution in [2.45, 2.75) is 26.3 Å². The lowest BCUT2D eigenvalue weighted by molar-refractivity contribution is 0.0792. The van der Waals surface area contributed by atoms with E-state index in [0.29, 0.717) is 41.9 Å². The number of aryl methyl sites for hydroxylation is 1. The minimum absolute atomic E-state index is 0.143. The minimum Gasteiger partial charge on any atom is -0.460 e. The first kappa shape index (κ1) is 16.6. The summed E-state index contributed by atoms with van der Waals surface area (Å²) in [4.78, 5) is 27.7. The summed E-state index contributed by atoms with van der Waals surface area (Å²) in [6, 6.07) is 7.71. The van der Waals surface area contributed by atoms with E-state index in [1.54, 1.807) is 36.2 Å². The molecule has 0 N–H and O–H groups in total. The van der Waals surface area contributed by atoms with E-state index in [4.69, 9.17) is 4.42 Å². The Balaban J connectivity index is 1.78. The molecule has 0 atom stereocenters. The Morgan fingerprint density at radius 1 is 1.15 bits per heavy atom. The van der Waals surface area contributed by atoms with Crippen LogP contribution in [0.2, 0.25) is 0 Å². The molecule has 1 aliphatic rings. The van der Waals surface area contributed by atoms with Gasteiger partial charge in [-0.2, -0.15) is 0 Å². The smallest absolute Gasteiger partial charge is 0.262 e. The van der Waals surface area contributed by atoms with Crippen LogP contribution in [-0.2, 0) is 6.54 Å². The number of likely N-dealkylation sites (tertiary alicyclic amines) is 1. The highest BCUT2D eigenvalue weighted by molar-refractivity contribution is 6.07. The Hall–Kier alpha value is -2.89. The normalized spacial score (nSPS) is 14.3. The molecule has 3 aromatic rings. The van der Waals surface area contributed by atoms with E-state index in [2.05, 4.69) is 0 Å². The zero-order valence-electron chi connectivity index (χ0n) is 14.5. The van der Waals surface area contributed by atoms with Crippen LogP contribution >= 0.6 is 0 Å². The fraction of sp³-hybridized carbons (Fsp3) is 0.300. The van der Waals surface area contributed by atoms with Crippen LogP contribution < -0.4 is 5.56 Å². The number of hydrogen-bond donors (Lipinski definition) is 0. The van der Waals surface area contributed by atoms with Crippen molar-refractivity contribution in [2.24, 2.45) is 0 Å². The quantitative estimate of drug-likeness (QED) is 0.725. The van der Waals surface area contributed by atoms with Gasteiger partial charge in [-0.15, -0.1) is 0 Å². The number of halogens is 1. The molecule has 5 nitrogen and oxygen atoms in total. The number of pyridine rings is 1. The van der Waals surface area contributed by atoms with Crippen LogP contribution in [0, 0.1) is 12.7 Å². The fourth-order valence-electron chi connectivity index (χ4n) is 3.51. The number of carbonyl (C=O) groups is 1. The van der Waals surface area contributed by atoms with Crippen molar-refractivity contribution in [1.82, 2.24) is 9.47 Å². The topological polar surface area (TPSA) is 55.5 Å². The lowest BCUT2D eigenvalue weighted by Gasteiger charge is -2.14. The predicted octanol–water partition coefficient (Wildman–Crippen LogP) is 3.33. The average Bonchev–Trinajstić information content (AvgIpc) is 3.26. The summed E-state index contributed by atoms with van der Waals surface area (Å²) in [5.74, 6) is 0.00409. The van der Waals surface area contributed by atoms with Crippen LogP contribution in [0.3, 0.4) is 0 Å². The van der Waals surface area contributed by atoms with Gasteiger partial charge in [0.05, 0.1) is 17.5 Å². The summed E-state index contributed by atoms with van der Waals surface area (Å²) < 4.78 is 20.3. The summed E-state index contributed by atoms with van der Waals surface area (Å²) in [5.41, 5.74) is 1.32. The summed E-state index contributed by atoms with van der Waals surface area (Å²) in [6.07, 6.45) is 3.60. The molecule has 4 rings (SSSR count).